The number of halogens is 3. The number of alkyl carbamates (subject to hydrolysis) is 1. The summed E-state index contributed by atoms with van der Waals surface area (Å²) in [5.74, 6) is 3.74. The van der Waals surface area contributed by atoms with E-state index in [9.17, 15) is 27.6 Å². The molecule has 0 saturated carbocycles. The van der Waals surface area contributed by atoms with Crippen molar-refractivity contribution in [2.75, 3.05) is 58.8 Å². The van der Waals surface area contributed by atoms with Gasteiger partial charge in [0.25, 0.3) is 0 Å². The molecule has 0 radical (unpaired) electrons. The van der Waals surface area contributed by atoms with Crippen LogP contribution in [-0.4, -0.2) is 123 Å². The van der Waals surface area contributed by atoms with Gasteiger partial charge in [0, 0.05) is 56.9 Å². The molecule has 3 aromatic rings. The minimum absolute atomic E-state index is 0.0792. The smallest absolute Gasteiger partial charge is 0.447 e. The summed E-state index contributed by atoms with van der Waals surface area (Å²) in [7, 11) is 3.66. The number of ether oxygens (including phenoxy) is 2. The van der Waals surface area contributed by atoms with E-state index in [0.717, 1.165) is 0 Å². The van der Waals surface area contributed by atoms with Crippen LogP contribution in [0.3, 0.4) is 0 Å². The summed E-state index contributed by atoms with van der Waals surface area (Å²) in [6.07, 6.45) is 4.66. The molecule has 1 aliphatic rings. The van der Waals surface area contributed by atoms with Crippen LogP contribution in [0.1, 0.15) is 49.7 Å². The van der Waals surface area contributed by atoms with Gasteiger partial charge < -0.3 is 35.0 Å². The third kappa shape index (κ3) is 11.8. The number of alkyl halides is 3. The Labute approximate surface area is 298 Å². The Morgan fingerprint density at radius 3 is 2.67 bits per heavy atom. The number of carbonyl (C=O) groups excluding carboxylic acids is 2. The van der Waals surface area contributed by atoms with E-state index in [4.69, 9.17) is 14.6 Å². The first-order chi connectivity index (χ1) is 24.0. The van der Waals surface area contributed by atoms with Gasteiger partial charge in [-0.15, -0.1) is 0 Å². The van der Waals surface area contributed by atoms with Gasteiger partial charge in [0.15, 0.2) is 5.65 Å². The fourth-order valence-electron chi connectivity index (χ4n) is 5.40. The number of aromatic nitrogens is 4. The van der Waals surface area contributed by atoms with Crippen LogP contribution in [0.4, 0.5) is 23.7 Å². The standard InChI is InChI=1S/C33H43F3N8O6S/c1-32(2,3)50-31(48)37-12-6-9-26-29(51-33(34,35)36)44-14-7-10-25(27(44)40-26)39-24-11-15-41(4)21-23(24)28(45)42(5)13-8-17-49-18-16-43-20-22(19-38-43)30(46)47/h7,10,14,19-20,23-24,39H,8,11-13,15-18,21H2,1-5H3,(H,37,48)(H,46,47)/t23-,24-/m0/s1. The quantitative estimate of drug-likeness (QED) is 0.132. The first-order valence-electron chi connectivity index (χ1n) is 16.3. The lowest BCUT2D eigenvalue weighted by Gasteiger charge is -2.38. The highest BCUT2D eigenvalue weighted by molar-refractivity contribution is 8.00. The molecule has 4 rings (SSSR count). The lowest BCUT2D eigenvalue weighted by Crippen LogP contribution is -2.52. The first-order valence-corrected chi connectivity index (χ1v) is 17.1. The Kier molecular flexibility index (Phi) is 13.2. The van der Waals surface area contributed by atoms with E-state index in [2.05, 4.69) is 37.5 Å². The zero-order chi connectivity index (χ0) is 37.3. The van der Waals surface area contributed by atoms with Crippen LogP contribution in [0.5, 0.6) is 0 Å². The Morgan fingerprint density at radius 1 is 1.22 bits per heavy atom. The Hall–Kier alpha value is -4.47. The highest BCUT2D eigenvalue weighted by Gasteiger charge is 2.36. The molecule has 1 saturated heterocycles. The van der Waals surface area contributed by atoms with Gasteiger partial charge in [-0.2, -0.15) is 18.3 Å². The van der Waals surface area contributed by atoms with Crippen LogP contribution in [0, 0.1) is 17.8 Å². The number of carbonyl (C=O) groups is 3. The van der Waals surface area contributed by atoms with E-state index >= 15 is 0 Å². The number of nitrogens with one attached hydrogen (secondary N) is 2. The van der Waals surface area contributed by atoms with Crippen molar-refractivity contribution in [1.82, 2.24) is 34.3 Å². The molecule has 1 aliphatic heterocycles. The molecule has 3 N–H and O–H groups in total. The SMILES string of the molecule is CN1CC[C@H](Nc2cccn3c(SC(F)(F)F)c(C#CCNC(=O)OC(C)(C)C)nc23)[C@@H](C(=O)N(C)CCCOCCn2cc(C(=O)O)cn2)C1. The zero-order valence-corrected chi connectivity index (χ0v) is 29.9. The first kappa shape index (κ1) is 39.3. The van der Waals surface area contributed by atoms with Gasteiger partial charge in [0.2, 0.25) is 5.91 Å². The van der Waals surface area contributed by atoms with Gasteiger partial charge in [0.05, 0.1) is 43.1 Å². The Morgan fingerprint density at radius 2 is 1.98 bits per heavy atom. The number of nitrogens with zero attached hydrogens (tertiary/aromatic N) is 6. The predicted octanol–water partition coefficient (Wildman–Crippen LogP) is 4.01. The number of hydrogen-bond donors (Lipinski definition) is 3. The number of aromatic carboxylic acids is 1. The fraction of sp³-hybridized carbons (Fsp3) is 0.545. The molecule has 4 heterocycles. The summed E-state index contributed by atoms with van der Waals surface area (Å²) in [6, 6.07) is 2.98. The maximum absolute atomic E-state index is 13.7. The summed E-state index contributed by atoms with van der Waals surface area (Å²) in [5.41, 5.74) is -4.66. The van der Waals surface area contributed by atoms with Crippen LogP contribution >= 0.6 is 11.8 Å². The van der Waals surface area contributed by atoms with Crippen molar-refractivity contribution in [3.63, 3.8) is 0 Å². The molecule has 2 atom stereocenters. The lowest BCUT2D eigenvalue weighted by molar-refractivity contribution is -0.136. The highest BCUT2D eigenvalue weighted by Crippen LogP contribution is 2.39. The number of imidazole rings is 1. The largest absolute Gasteiger partial charge is 0.478 e. The van der Waals surface area contributed by atoms with Gasteiger partial charge in [-0.05, 0) is 65.3 Å². The number of thioether (sulfide) groups is 1. The summed E-state index contributed by atoms with van der Waals surface area (Å²) in [5, 5.41) is 18.6. The Bertz CT molecular complexity index is 1750. The minimum atomic E-state index is -4.61. The van der Waals surface area contributed by atoms with Gasteiger partial charge in [-0.3, -0.25) is 13.9 Å². The molecule has 0 spiro atoms. The fourth-order valence-corrected chi connectivity index (χ4v) is 6.06. The molecule has 3 aromatic heterocycles. The molecule has 2 amide bonds. The maximum Gasteiger partial charge on any atom is 0.447 e. The average Bonchev–Trinajstić information content (AvgIpc) is 3.65. The van der Waals surface area contributed by atoms with E-state index in [1.54, 1.807) is 44.9 Å². The summed E-state index contributed by atoms with van der Waals surface area (Å²) >= 11 is -0.332. The molecule has 18 heteroatoms. The molecule has 51 heavy (non-hydrogen) atoms. The van der Waals surface area contributed by atoms with Crippen LogP contribution in [0.25, 0.3) is 5.65 Å². The number of pyridine rings is 1. The molecule has 0 aliphatic carbocycles. The van der Waals surface area contributed by atoms with Crippen molar-refractivity contribution in [1.29, 1.82) is 0 Å². The van der Waals surface area contributed by atoms with Crippen LogP contribution in [0.15, 0.2) is 35.7 Å². The van der Waals surface area contributed by atoms with E-state index in [1.807, 2.05) is 7.05 Å². The number of piperidine rings is 1. The zero-order valence-electron chi connectivity index (χ0n) is 29.1. The molecule has 278 valence electrons. The molecule has 14 nitrogen and oxygen atoms in total. The number of rotatable bonds is 13. The van der Waals surface area contributed by atoms with Gasteiger partial charge in [-0.1, -0.05) is 5.92 Å². The van der Waals surface area contributed by atoms with E-state index in [-0.39, 0.29) is 52.2 Å². The van der Waals surface area contributed by atoms with Crippen molar-refractivity contribution >= 4 is 41.1 Å². The second-order valence-electron chi connectivity index (χ2n) is 13.0. The second kappa shape index (κ2) is 17.2. The topological polar surface area (TPSA) is 156 Å². The third-order valence-electron chi connectivity index (χ3n) is 7.72. The van der Waals surface area contributed by atoms with E-state index < -0.39 is 29.1 Å². The minimum Gasteiger partial charge on any atom is -0.478 e. The number of carboxylic acid groups (broad SMARTS) is 1. The normalized spacial score (nSPS) is 16.7. The maximum atomic E-state index is 13.7. The lowest BCUT2D eigenvalue weighted by atomic mass is 9.90. The van der Waals surface area contributed by atoms with Crippen molar-refractivity contribution in [2.24, 2.45) is 5.92 Å². The van der Waals surface area contributed by atoms with Gasteiger partial charge in [-0.25, -0.2) is 14.6 Å². The van der Waals surface area contributed by atoms with E-state index in [0.29, 0.717) is 57.9 Å². The number of amides is 2. The summed E-state index contributed by atoms with van der Waals surface area (Å²) in [4.78, 5) is 44.8. The van der Waals surface area contributed by atoms with Crippen LogP contribution < -0.4 is 10.6 Å². The van der Waals surface area contributed by atoms with Crippen LogP contribution in [0.2, 0.25) is 0 Å². The molecule has 1 fully saturated rings. The molecule has 0 aromatic carbocycles. The van der Waals surface area contributed by atoms with Gasteiger partial charge >= 0.3 is 17.6 Å². The molecular formula is C33H43F3N8O6S. The Balaban J connectivity index is 1.42. The highest BCUT2D eigenvalue weighted by atomic mass is 32.2. The van der Waals surface area contributed by atoms with Crippen molar-refractivity contribution in [3.05, 3.63) is 42.0 Å². The summed E-state index contributed by atoms with van der Waals surface area (Å²) in [6.45, 7) is 7.69. The van der Waals surface area contributed by atoms with Crippen molar-refractivity contribution in [2.45, 2.75) is 62.3 Å². The number of carboxylic acids is 1. The molecular weight excluding hydrogens is 693 g/mol. The average molecular weight is 737 g/mol. The molecule has 0 bridgehead atoms. The third-order valence-corrected chi connectivity index (χ3v) is 8.54. The predicted molar refractivity (Wildman–Crippen MR) is 183 cm³/mol. The van der Waals surface area contributed by atoms with Gasteiger partial charge in [0.1, 0.15) is 16.3 Å². The van der Waals surface area contributed by atoms with E-state index in [1.165, 1.54) is 27.7 Å². The number of likely N-dealkylation sites (tertiary alicyclic amines) is 1. The van der Waals surface area contributed by atoms with Crippen LogP contribution in [-0.2, 0) is 20.8 Å². The monoisotopic (exact) mass is 736 g/mol. The number of hydrogen-bond acceptors (Lipinski definition) is 10. The van der Waals surface area contributed by atoms with Crippen molar-refractivity contribution in [3.8, 4) is 11.8 Å². The molecule has 0 unspecified atom stereocenters. The number of fused-ring (bicyclic) bond motifs is 1. The van der Waals surface area contributed by atoms with Crippen molar-refractivity contribution < 1.29 is 42.1 Å². The number of anilines is 1. The second-order valence-corrected chi connectivity index (χ2v) is 14.1. The summed E-state index contributed by atoms with van der Waals surface area (Å²) < 4.78 is 54.6.